The van der Waals surface area contributed by atoms with Crippen molar-refractivity contribution in [2.75, 3.05) is 5.32 Å². The fraction of sp³-hybridized carbons (Fsp3) is 0.0952. The van der Waals surface area contributed by atoms with Gasteiger partial charge in [-0.15, -0.1) is 0 Å². The highest BCUT2D eigenvalue weighted by Crippen LogP contribution is 2.33. The summed E-state index contributed by atoms with van der Waals surface area (Å²) >= 11 is 0. The number of hydrogen-bond donors (Lipinski definition) is 1. The molecule has 1 N–H and O–H groups in total. The van der Waals surface area contributed by atoms with Gasteiger partial charge in [-0.05, 0) is 36.8 Å². The number of rotatable bonds is 3. The highest BCUT2D eigenvalue weighted by atomic mass is 16.2. The van der Waals surface area contributed by atoms with Gasteiger partial charge in [0.25, 0.3) is 5.91 Å². The number of nitrogens with one attached hydrogen (secondary N) is 1. The minimum atomic E-state index is -0.378. The Bertz CT molecular complexity index is 954. The van der Waals surface area contributed by atoms with E-state index in [0.717, 1.165) is 16.9 Å². The molecule has 2 heterocycles. The van der Waals surface area contributed by atoms with Gasteiger partial charge in [-0.25, -0.2) is 5.01 Å². The van der Waals surface area contributed by atoms with Crippen LogP contribution < -0.4 is 5.32 Å². The largest absolute Gasteiger partial charge is 0.359 e. The summed E-state index contributed by atoms with van der Waals surface area (Å²) in [7, 11) is 0. The van der Waals surface area contributed by atoms with Gasteiger partial charge < -0.3 is 5.32 Å². The molecular formula is C21H18N4O. The lowest BCUT2D eigenvalue weighted by molar-refractivity contribution is 0.0689. The summed E-state index contributed by atoms with van der Waals surface area (Å²) in [6.45, 7) is 1.86. The molecule has 1 aliphatic rings. The van der Waals surface area contributed by atoms with Crippen LogP contribution in [0.25, 0.3) is 0 Å². The zero-order chi connectivity index (χ0) is 17.9. The number of nitrogens with zero attached hydrogens (tertiary/aromatic N) is 3. The summed E-state index contributed by atoms with van der Waals surface area (Å²) in [6, 6.07) is 23.0. The van der Waals surface area contributed by atoms with Crippen LogP contribution in [0.3, 0.4) is 0 Å². The first kappa shape index (κ1) is 16.0. The van der Waals surface area contributed by atoms with Crippen LogP contribution in [0, 0.1) is 0 Å². The Hall–Kier alpha value is -3.47. The van der Waals surface area contributed by atoms with Crippen molar-refractivity contribution in [2.24, 2.45) is 5.10 Å². The van der Waals surface area contributed by atoms with Crippen LogP contribution in [0.15, 0.2) is 84.1 Å². The lowest BCUT2D eigenvalue weighted by Crippen LogP contribution is -2.40. The van der Waals surface area contributed by atoms with E-state index < -0.39 is 0 Å². The van der Waals surface area contributed by atoms with Gasteiger partial charge in [0.05, 0.1) is 17.0 Å². The number of fused-ring (bicyclic) bond motifs is 1. The predicted octanol–water partition coefficient (Wildman–Crippen LogP) is 4.07. The number of carbonyl (C=O) groups is 1. The quantitative estimate of drug-likeness (QED) is 0.730. The van der Waals surface area contributed by atoms with Crippen LogP contribution >= 0.6 is 0 Å². The molecule has 0 spiro atoms. The lowest BCUT2D eigenvalue weighted by Gasteiger charge is -2.35. The van der Waals surface area contributed by atoms with Crippen LogP contribution in [0.1, 0.15) is 34.7 Å². The van der Waals surface area contributed by atoms with Crippen molar-refractivity contribution in [3.63, 3.8) is 0 Å². The summed E-state index contributed by atoms with van der Waals surface area (Å²) in [4.78, 5) is 17.4. The van der Waals surface area contributed by atoms with E-state index in [4.69, 9.17) is 0 Å². The summed E-state index contributed by atoms with van der Waals surface area (Å²) in [5, 5.41) is 9.55. The van der Waals surface area contributed by atoms with Crippen LogP contribution in [-0.4, -0.2) is 21.6 Å². The number of pyridine rings is 1. The maximum Gasteiger partial charge on any atom is 0.278 e. The van der Waals surface area contributed by atoms with Crippen molar-refractivity contribution in [3.05, 3.63) is 95.8 Å². The molecule has 2 aromatic carbocycles. The smallest absolute Gasteiger partial charge is 0.278 e. The maximum atomic E-state index is 13.1. The van der Waals surface area contributed by atoms with Gasteiger partial charge in [0.1, 0.15) is 0 Å². The molecule has 1 aliphatic heterocycles. The normalized spacial score (nSPS) is 16.8. The predicted molar refractivity (Wildman–Crippen MR) is 102 cm³/mol. The van der Waals surface area contributed by atoms with Crippen molar-refractivity contribution < 1.29 is 4.79 Å². The van der Waals surface area contributed by atoms with Crippen molar-refractivity contribution in [1.82, 2.24) is 9.99 Å². The van der Waals surface area contributed by atoms with Crippen LogP contribution in [0.5, 0.6) is 0 Å². The molecule has 3 aromatic rings. The van der Waals surface area contributed by atoms with E-state index in [0.29, 0.717) is 11.3 Å². The second-order valence-electron chi connectivity index (χ2n) is 6.05. The maximum absolute atomic E-state index is 13.1. The first-order valence-electron chi connectivity index (χ1n) is 8.45. The van der Waals surface area contributed by atoms with Gasteiger partial charge in [-0.2, -0.15) is 5.10 Å². The first-order chi connectivity index (χ1) is 12.7. The topological polar surface area (TPSA) is 57.6 Å². The van der Waals surface area contributed by atoms with Crippen molar-refractivity contribution in [2.45, 2.75) is 13.1 Å². The Morgan fingerprint density at radius 1 is 1.00 bits per heavy atom. The molecule has 1 atom stereocenters. The van der Waals surface area contributed by atoms with E-state index in [2.05, 4.69) is 15.4 Å². The van der Waals surface area contributed by atoms with E-state index in [1.807, 2.05) is 79.7 Å². The van der Waals surface area contributed by atoms with Crippen LogP contribution in [0.4, 0.5) is 5.69 Å². The number of anilines is 1. The Balaban J connectivity index is 1.79. The number of carbonyl (C=O) groups excluding carboxylic acids is 1. The van der Waals surface area contributed by atoms with E-state index in [9.17, 15) is 4.79 Å². The monoisotopic (exact) mass is 342 g/mol. The van der Waals surface area contributed by atoms with E-state index in [-0.39, 0.29) is 12.1 Å². The van der Waals surface area contributed by atoms with Crippen molar-refractivity contribution in [1.29, 1.82) is 0 Å². The highest BCUT2D eigenvalue weighted by Gasteiger charge is 2.33. The third-order valence-electron chi connectivity index (χ3n) is 4.31. The third kappa shape index (κ3) is 2.95. The molecule has 1 aromatic heterocycles. The number of hydrogen-bond acceptors (Lipinski definition) is 4. The minimum Gasteiger partial charge on any atom is -0.359 e. The molecule has 5 heteroatoms. The van der Waals surface area contributed by atoms with Gasteiger partial charge in [0, 0.05) is 11.9 Å². The SMILES string of the molecule is C/C(=N\N1C(=O)c2ccccc2NC1c1ccccc1)c1ccccn1. The van der Waals surface area contributed by atoms with E-state index >= 15 is 0 Å². The molecule has 0 fully saturated rings. The number of benzene rings is 2. The Labute approximate surface area is 152 Å². The fourth-order valence-electron chi connectivity index (χ4n) is 3.00. The van der Waals surface area contributed by atoms with Gasteiger partial charge in [0.2, 0.25) is 0 Å². The molecule has 0 radical (unpaired) electrons. The second-order valence-corrected chi connectivity index (χ2v) is 6.05. The summed E-state index contributed by atoms with van der Waals surface area (Å²) in [5.41, 5.74) is 3.81. The van der Waals surface area contributed by atoms with Gasteiger partial charge in [-0.3, -0.25) is 9.78 Å². The molecule has 4 rings (SSSR count). The van der Waals surface area contributed by atoms with Gasteiger partial charge in [-0.1, -0.05) is 48.5 Å². The van der Waals surface area contributed by atoms with E-state index in [1.54, 1.807) is 6.20 Å². The number of amides is 1. The number of para-hydroxylation sites is 1. The molecule has 128 valence electrons. The van der Waals surface area contributed by atoms with Crippen LogP contribution in [-0.2, 0) is 0 Å². The second kappa shape index (κ2) is 6.80. The molecule has 0 aliphatic carbocycles. The van der Waals surface area contributed by atoms with E-state index in [1.165, 1.54) is 5.01 Å². The fourth-order valence-corrected chi connectivity index (χ4v) is 3.00. The highest BCUT2D eigenvalue weighted by molar-refractivity contribution is 6.03. The van der Waals surface area contributed by atoms with Gasteiger partial charge >= 0.3 is 0 Å². The Morgan fingerprint density at radius 2 is 1.73 bits per heavy atom. The molecule has 26 heavy (non-hydrogen) atoms. The Morgan fingerprint density at radius 3 is 2.50 bits per heavy atom. The minimum absolute atomic E-state index is 0.136. The summed E-state index contributed by atoms with van der Waals surface area (Å²) in [6.07, 6.45) is 1.34. The zero-order valence-corrected chi connectivity index (χ0v) is 14.3. The molecule has 0 saturated carbocycles. The molecular weight excluding hydrogens is 324 g/mol. The lowest BCUT2D eigenvalue weighted by atomic mass is 10.1. The molecule has 1 amide bonds. The standard InChI is InChI=1S/C21H18N4O/c1-15(18-12-7-8-14-22-18)24-25-20(16-9-3-2-4-10-16)23-19-13-6-5-11-17(19)21(25)26/h2-14,20,23H,1H3/b24-15+. The average Bonchev–Trinajstić information content (AvgIpc) is 2.71. The van der Waals surface area contributed by atoms with Crippen molar-refractivity contribution in [3.8, 4) is 0 Å². The summed E-state index contributed by atoms with van der Waals surface area (Å²) in [5.74, 6) is -0.136. The third-order valence-corrected chi connectivity index (χ3v) is 4.31. The Kier molecular flexibility index (Phi) is 4.19. The van der Waals surface area contributed by atoms with Crippen molar-refractivity contribution >= 4 is 17.3 Å². The molecule has 1 unspecified atom stereocenters. The molecule has 5 nitrogen and oxygen atoms in total. The first-order valence-corrected chi connectivity index (χ1v) is 8.45. The summed E-state index contributed by atoms with van der Waals surface area (Å²) < 4.78 is 0. The number of hydrazone groups is 1. The van der Waals surface area contributed by atoms with Gasteiger partial charge in [0.15, 0.2) is 6.17 Å². The molecule has 0 saturated heterocycles. The van der Waals surface area contributed by atoms with Crippen LogP contribution in [0.2, 0.25) is 0 Å². The number of aromatic nitrogens is 1. The average molecular weight is 342 g/mol. The zero-order valence-electron chi connectivity index (χ0n) is 14.3. The molecule has 0 bridgehead atoms.